The number of esters is 1. The van der Waals surface area contributed by atoms with Crippen LogP contribution >= 0.6 is 11.6 Å². The molecular formula is C24H23ClN2O4. The maximum absolute atomic E-state index is 13.2. The number of carbonyl (C=O) groups is 2. The molecule has 4 rings (SSSR count). The highest BCUT2D eigenvalue weighted by atomic mass is 35.5. The van der Waals surface area contributed by atoms with Gasteiger partial charge in [-0.05, 0) is 56.2 Å². The summed E-state index contributed by atoms with van der Waals surface area (Å²) in [5.41, 5.74) is 2.02. The van der Waals surface area contributed by atoms with Crippen LogP contribution in [-0.4, -0.2) is 41.5 Å². The van der Waals surface area contributed by atoms with E-state index in [1.165, 1.54) is 0 Å². The van der Waals surface area contributed by atoms with Crippen LogP contribution in [-0.2, 0) is 9.53 Å². The summed E-state index contributed by atoms with van der Waals surface area (Å²) >= 11 is 5.96. The Morgan fingerprint density at radius 2 is 1.84 bits per heavy atom. The number of aromatic nitrogens is 1. The molecule has 7 heteroatoms. The monoisotopic (exact) mass is 438 g/mol. The molecule has 0 bridgehead atoms. The van der Waals surface area contributed by atoms with Gasteiger partial charge in [0.15, 0.2) is 5.76 Å². The molecule has 160 valence electrons. The molecule has 1 aliphatic rings. The summed E-state index contributed by atoms with van der Waals surface area (Å²) in [5.74, 6) is 0.570. The first-order chi connectivity index (χ1) is 15.1. The molecule has 0 saturated carbocycles. The molecule has 6 nitrogen and oxygen atoms in total. The van der Waals surface area contributed by atoms with E-state index in [1.54, 1.807) is 36.2 Å². The minimum Gasteiger partial charge on any atom is -0.466 e. The third-order valence-electron chi connectivity index (χ3n) is 5.42. The van der Waals surface area contributed by atoms with Crippen LogP contribution in [0.2, 0.25) is 5.02 Å². The molecule has 0 aliphatic carbocycles. The minimum absolute atomic E-state index is 0.0934. The van der Waals surface area contributed by atoms with Crippen LogP contribution in [0.25, 0.3) is 22.8 Å². The molecule has 0 radical (unpaired) electrons. The summed E-state index contributed by atoms with van der Waals surface area (Å²) in [6.45, 7) is 3.20. The predicted molar refractivity (Wildman–Crippen MR) is 118 cm³/mol. The van der Waals surface area contributed by atoms with Crippen LogP contribution in [0, 0.1) is 5.92 Å². The summed E-state index contributed by atoms with van der Waals surface area (Å²) in [6.07, 6.45) is 2.85. The Kier molecular flexibility index (Phi) is 6.37. The second kappa shape index (κ2) is 9.35. The molecule has 0 unspecified atom stereocenters. The first kappa shape index (κ1) is 21.1. The number of nitrogens with zero attached hydrogens (tertiary/aromatic N) is 2. The number of piperidine rings is 1. The highest BCUT2D eigenvalue weighted by Crippen LogP contribution is 2.30. The standard InChI is InChI=1S/C24H23ClN2O4/c1-2-30-24(29)17-11-13-27(14-12-17)23(28)20-6-4-3-5-19(20)22-26-15-21(31-22)16-7-9-18(25)10-8-16/h3-10,15,17H,2,11-14H2,1H3. The molecule has 0 spiro atoms. The fraction of sp³-hybridized carbons (Fsp3) is 0.292. The summed E-state index contributed by atoms with van der Waals surface area (Å²) in [7, 11) is 0. The van der Waals surface area contributed by atoms with Crippen LogP contribution in [0.1, 0.15) is 30.1 Å². The van der Waals surface area contributed by atoms with Gasteiger partial charge in [-0.1, -0.05) is 23.7 Å². The van der Waals surface area contributed by atoms with Crippen LogP contribution < -0.4 is 0 Å². The molecule has 2 heterocycles. The molecule has 3 aromatic rings. The molecule has 1 amide bonds. The van der Waals surface area contributed by atoms with Gasteiger partial charge in [-0.2, -0.15) is 0 Å². The molecule has 1 fully saturated rings. The van der Waals surface area contributed by atoms with Crippen LogP contribution in [0.4, 0.5) is 0 Å². The van der Waals surface area contributed by atoms with E-state index in [0.29, 0.717) is 60.3 Å². The lowest BCUT2D eigenvalue weighted by Gasteiger charge is -2.31. The van der Waals surface area contributed by atoms with Gasteiger partial charge in [-0.15, -0.1) is 0 Å². The molecular weight excluding hydrogens is 416 g/mol. The van der Waals surface area contributed by atoms with E-state index in [9.17, 15) is 9.59 Å². The zero-order valence-electron chi connectivity index (χ0n) is 17.2. The number of rotatable bonds is 5. The number of hydrogen-bond donors (Lipinski definition) is 0. The van der Waals surface area contributed by atoms with Crippen LogP contribution in [0.15, 0.2) is 59.1 Å². The normalized spacial score (nSPS) is 14.5. The van der Waals surface area contributed by atoms with E-state index in [-0.39, 0.29) is 17.8 Å². The molecule has 1 aliphatic heterocycles. The number of likely N-dealkylation sites (tertiary alicyclic amines) is 1. The predicted octanol–water partition coefficient (Wildman–Crippen LogP) is 5.08. The molecule has 1 saturated heterocycles. The quantitative estimate of drug-likeness (QED) is 0.519. The number of benzene rings is 2. The SMILES string of the molecule is CCOC(=O)C1CCN(C(=O)c2ccccc2-c2ncc(-c3ccc(Cl)cc3)o2)CC1. The van der Waals surface area contributed by atoms with Gasteiger partial charge in [0.05, 0.1) is 24.3 Å². The van der Waals surface area contributed by atoms with Gasteiger partial charge in [0.1, 0.15) is 0 Å². The summed E-state index contributed by atoms with van der Waals surface area (Å²) in [5, 5.41) is 0.645. The molecule has 0 atom stereocenters. The van der Waals surface area contributed by atoms with Crippen molar-refractivity contribution in [2.45, 2.75) is 19.8 Å². The van der Waals surface area contributed by atoms with E-state index >= 15 is 0 Å². The fourth-order valence-electron chi connectivity index (χ4n) is 3.75. The Bertz CT molecular complexity index is 1070. The fourth-order valence-corrected chi connectivity index (χ4v) is 3.88. The van der Waals surface area contributed by atoms with E-state index in [0.717, 1.165) is 5.56 Å². The average molecular weight is 439 g/mol. The average Bonchev–Trinajstić information content (AvgIpc) is 3.29. The van der Waals surface area contributed by atoms with Gasteiger partial charge in [0.2, 0.25) is 5.89 Å². The summed E-state index contributed by atoms with van der Waals surface area (Å²) in [4.78, 5) is 31.4. The van der Waals surface area contributed by atoms with E-state index in [4.69, 9.17) is 20.8 Å². The van der Waals surface area contributed by atoms with Crippen molar-refractivity contribution in [2.24, 2.45) is 5.92 Å². The van der Waals surface area contributed by atoms with Crippen molar-refractivity contribution >= 4 is 23.5 Å². The van der Waals surface area contributed by atoms with E-state index in [1.807, 2.05) is 30.3 Å². The van der Waals surface area contributed by atoms with Gasteiger partial charge in [0, 0.05) is 29.2 Å². The van der Waals surface area contributed by atoms with Crippen molar-refractivity contribution < 1.29 is 18.7 Å². The Morgan fingerprint density at radius 1 is 1.13 bits per heavy atom. The lowest BCUT2D eigenvalue weighted by atomic mass is 9.96. The second-order valence-electron chi connectivity index (χ2n) is 7.40. The topological polar surface area (TPSA) is 72.6 Å². The molecule has 31 heavy (non-hydrogen) atoms. The van der Waals surface area contributed by atoms with Crippen molar-refractivity contribution in [3.05, 3.63) is 65.3 Å². The van der Waals surface area contributed by atoms with Gasteiger partial charge in [-0.25, -0.2) is 4.98 Å². The maximum Gasteiger partial charge on any atom is 0.309 e. The second-order valence-corrected chi connectivity index (χ2v) is 7.84. The highest BCUT2D eigenvalue weighted by molar-refractivity contribution is 6.30. The maximum atomic E-state index is 13.2. The van der Waals surface area contributed by atoms with Gasteiger partial charge in [-0.3, -0.25) is 9.59 Å². The smallest absolute Gasteiger partial charge is 0.309 e. The number of hydrogen-bond acceptors (Lipinski definition) is 5. The Labute approximate surface area is 185 Å². The number of ether oxygens (including phenoxy) is 1. The Balaban J connectivity index is 1.52. The Hall–Kier alpha value is -3.12. The lowest BCUT2D eigenvalue weighted by molar-refractivity contribution is -0.149. The van der Waals surface area contributed by atoms with Crippen molar-refractivity contribution in [3.63, 3.8) is 0 Å². The number of halogens is 1. The largest absolute Gasteiger partial charge is 0.466 e. The van der Waals surface area contributed by atoms with Crippen LogP contribution in [0.3, 0.4) is 0 Å². The third-order valence-corrected chi connectivity index (χ3v) is 5.68. The van der Waals surface area contributed by atoms with Crippen molar-refractivity contribution in [3.8, 4) is 22.8 Å². The number of oxazole rings is 1. The van der Waals surface area contributed by atoms with Crippen molar-refractivity contribution in [2.75, 3.05) is 19.7 Å². The summed E-state index contributed by atoms with van der Waals surface area (Å²) < 4.78 is 11.1. The van der Waals surface area contributed by atoms with E-state index in [2.05, 4.69) is 4.98 Å². The summed E-state index contributed by atoms with van der Waals surface area (Å²) in [6, 6.07) is 14.6. The number of carbonyl (C=O) groups excluding carboxylic acids is 2. The zero-order chi connectivity index (χ0) is 21.8. The minimum atomic E-state index is -0.176. The Morgan fingerprint density at radius 3 is 2.55 bits per heavy atom. The first-order valence-corrected chi connectivity index (χ1v) is 10.7. The van der Waals surface area contributed by atoms with Gasteiger partial charge < -0.3 is 14.1 Å². The van der Waals surface area contributed by atoms with Crippen molar-refractivity contribution in [1.82, 2.24) is 9.88 Å². The lowest BCUT2D eigenvalue weighted by Crippen LogP contribution is -2.40. The first-order valence-electron chi connectivity index (χ1n) is 10.3. The van der Waals surface area contributed by atoms with Gasteiger partial charge in [0.25, 0.3) is 5.91 Å². The number of amides is 1. The molecule has 1 aromatic heterocycles. The zero-order valence-corrected chi connectivity index (χ0v) is 18.0. The van der Waals surface area contributed by atoms with E-state index < -0.39 is 0 Å². The molecule has 0 N–H and O–H groups in total. The molecule has 2 aromatic carbocycles. The highest BCUT2D eigenvalue weighted by Gasteiger charge is 2.30. The van der Waals surface area contributed by atoms with Crippen molar-refractivity contribution in [1.29, 1.82) is 0 Å². The van der Waals surface area contributed by atoms with Gasteiger partial charge >= 0.3 is 5.97 Å². The van der Waals surface area contributed by atoms with Crippen LogP contribution in [0.5, 0.6) is 0 Å². The third kappa shape index (κ3) is 4.64.